The summed E-state index contributed by atoms with van der Waals surface area (Å²) in [6.45, 7) is 17.6. The summed E-state index contributed by atoms with van der Waals surface area (Å²) in [5.74, 6) is -0.339. The number of carbonyl (C=O) groups excluding carboxylic acids is 5. The maximum absolute atomic E-state index is 14.6. The Morgan fingerprint density at radius 2 is 1.60 bits per heavy atom. The van der Waals surface area contributed by atoms with E-state index in [1.165, 1.54) is 0 Å². The van der Waals surface area contributed by atoms with Crippen molar-refractivity contribution >= 4 is 29.9 Å². The molecule has 5 atom stereocenters. The number of urea groups is 1. The maximum Gasteiger partial charge on any atom is 0.315 e. The average Bonchev–Trinajstić information content (AvgIpc) is 3.48. The van der Waals surface area contributed by atoms with Gasteiger partial charge in [0, 0.05) is 25.7 Å². The Kier molecular flexibility index (Phi) is 10.9. The maximum atomic E-state index is 14.6. The van der Waals surface area contributed by atoms with E-state index in [1.54, 1.807) is 0 Å². The number of aldehydes is 1. The van der Waals surface area contributed by atoms with Gasteiger partial charge in [-0.25, -0.2) is 4.79 Å². The molecule has 47 heavy (non-hydrogen) atoms. The average molecular weight is 659 g/mol. The Bertz CT molecular complexity index is 1200. The summed E-state index contributed by atoms with van der Waals surface area (Å²) in [5, 5.41) is 12.4. The van der Waals surface area contributed by atoms with Crippen molar-refractivity contribution in [3.63, 3.8) is 0 Å². The lowest BCUT2D eigenvalue weighted by Crippen LogP contribution is -2.61. The molecule has 4 rings (SSSR count). The van der Waals surface area contributed by atoms with Crippen LogP contribution in [0, 0.1) is 27.6 Å². The Hall–Kier alpha value is -2.53. The van der Waals surface area contributed by atoms with Gasteiger partial charge in [0.2, 0.25) is 17.6 Å². The van der Waals surface area contributed by atoms with Gasteiger partial charge in [0.25, 0.3) is 0 Å². The zero-order valence-corrected chi connectivity index (χ0v) is 30.2. The third-order valence-corrected chi connectivity index (χ3v) is 12.0. The number of nitrogens with zero attached hydrogens (tertiary/aromatic N) is 1. The van der Waals surface area contributed by atoms with E-state index in [9.17, 15) is 24.0 Å². The van der Waals surface area contributed by atoms with Crippen LogP contribution in [0.2, 0.25) is 0 Å². The normalized spacial score (nSPS) is 27.0. The summed E-state index contributed by atoms with van der Waals surface area (Å²) < 4.78 is 0. The van der Waals surface area contributed by atoms with Gasteiger partial charge in [0.05, 0.1) is 17.6 Å². The zero-order valence-electron chi connectivity index (χ0n) is 30.2. The number of ketones is 1. The predicted octanol–water partition coefficient (Wildman–Crippen LogP) is 3.44. The molecule has 4 amide bonds. The van der Waals surface area contributed by atoms with Crippen LogP contribution in [0.3, 0.4) is 0 Å². The van der Waals surface area contributed by atoms with Crippen LogP contribution in [-0.4, -0.2) is 84.2 Å². The molecule has 4 fully saturated rings. The van der Waals surface area contributed by atoms with Gasteiger partial charge in [-0.3, -0.25) is 19.2 Å². The van der Waals surface area contributed by atoms with E-state index in [1.807, 2.05) is 46.4 Å². The second-order valence-corrected chi connectivity index (χ2v) is 18.1. The predicted molar refractivity (Wildman–Crippen MR) is 182 cm³/mol. The van der Waals surface area contributed by atoms with Crippen LogP contribution in [0.1, 0.15) is 120 Å². The molecule has 4 aliphatic rings. The number of carbonyl (C=O) groups is 5. The van der Waals surface area contributed by atoms with Gasteiger partial charge in [-0.15, -0.1) is 0 Å². The lowest BCUT2D eigenvalue weighted by atomic mass is 9.67. The number of hydrogen-bond donors (Lipinski definition) is 5. The van der Waals surface area contributed by atoms with Crippen LogP contribution < -0.4 is 27.0 Å². The van der Waals surface area contributed by atoms with Gasteiger partial charge in [-0.1, -0.05) is 81.1 Å². The van der Waals surface area contributed by atoms with Crippen molar-refractivity contribution in [1.29, 1.82) is 0 Å². The van der Waals surface area contributed by atoms with E-state index >= 15 is 0 Å². The fraction of sp³-hybridized carbons (Fsp3) is 0.861. The van der Waals surface area contributed by atoms with Gasteiger partial charge < -0.3 is 31.9 Å². The van der Waals surface area contributed by atoms with Crippen LogP contribution >= 0.6 is 0 Å². The third-order valence-electron chi connectivity index (χ3n) is 12.0. The molecule has 266 valence electrons. The largest absolute Gasteiger partial charge is 0.352 e. The minimum absolute atomic E-state index is 0.0409. The Morgan fingerprint density at radius 1 is 0.936 bits per heavy atom. The van der Waals surface area contributed by atoms with Gasteiger partial charge in [0.1, 0.15) is 6.04 Å². The number of amides is 4. The van der Waals surface area contributed by atoms with E-state index < -0.39 is 40.9 Å². The smallest absolute Gasteiger partial charge is 0.315 e. The molecule has 3 aliphatic carbocycles. The second kappa shape index (κ2) is 13.8. The molecule has 0 radical (unpaired) electrons. The number of nitrogens with two attached hydrogens (primary N) is 1. The summed E-state index contributed by atoms with van der Waals surface area (Å²) in [7, 11) is 0. The summed E-state index contributed by atoms with van der Waals surface area (Å²) >= 11 is 0. The molecule has 1 unspecified atom stereocenters. The highest BCUT2D eigenvalue weighted by Crippen LogP contribution is 2.59. The Morgan fingerprint density at radius 3 is 2.09 bits per heavy atom. The number of likely N-dealkylation sites (tertiary alicyclic amines) is 1. The minimum atomic E-state index is -0.818. The molecule has 1 saturated heterocycles. The molecule has 0 aromatic carbocycles. The van der Waals surface area contributed by atoms with Crippen molar-refractivity contribution in [3.05, 3.63) is 0 Å². The molecule has 6 N–H and O–H groups in total. The summed E-state index contributed by atoms with van der Waals surface area (Å²) in [4.78, 5) is 66.9. The quantitative estimate of drug-likeness (QED) is 0.150. The van der Waals surface area contributed by atoms with Gasteiger partial charge in [0.15, 0.2) is 6.29 Å². The monoisotopic (exact) mass is 658 g/mol. The van der Waals surface area contributed by atoms with E-state index in [4.69, 9.17) is 5.73 Å². The van der Waals surface area contributed by atoms with Crippen LogP contribution in [-0.2, 0) is 19.2 Å². The summed E-state index contributed by atoms with van der Waals surface area (Å²) in [6, 6.07) is -2.42. The molecule has 3 saturated carbocycles. The second-order valence-electron chi connectivity index (χ2n) is 18.1. The van der Waals surface area contributed by atoms with E-state index in [2.05, 4.69) is 35.1 Å². The molecule has 0 bridgehead atoms. The molecule has 1 aliphatic heterocycles. The van der Waals surface area contributed by atoms with Crippen LogP contribution in [0.15, 0.2) is 0 Å². The van der Waals surface area contributed by atoms with Crippen molar-refractivity contribution in [3.8, 4) is 0 Å². The highest BCUT2D eigenvalue weighted by atomic mass is 16.2. The van der Waals surface area contributed by atoms with E-state index in [0.717, 1.165) is 44.9 Å². The SMILES string of the molecule is CC(C)(C)[C@H](NC(=O)N[C@H](CNC(=O)C1(N)CC1)C(C)(C)C)C(=O)N1C[C@]2(CCCC2(C)C)C[C@H]1CNC(CC1CCC1)C(=O)C=O. The minimum Gasteiger partial charge on any atom is -0.352 e. The Labute approximate surface area is 282 Å². The summed E-state index contributed by atoms with van der Waals surface area (Å²) in [5.41, 5.74) is 4.26. The number of Topliss-reactive ketones (excluding diaryl/α,β-unsaturated/α-hetero) is 1. The van der Waals surface area contributed by atoms with Crippen molar-refractivity contribution in [2.45, 2.75) is 149 Å². The van der Waals surface area contributed by atoms with E-state index in [-0.39, 0.29) is 40.6 Å². The van der Waals surface area contributed by atoms with Gasteiger partial charge >= 0.3 is 6.03 Å². The van der Waals surface area contributed by atoms with Crippen LogP contribution in [0.25, 0.3) is 0 Å². The topological polar surface area (TPSA) is 163 Å². The van der Waals surface area contributed by atoms with Gasteiger partial charge in [-0.05, 0) is 66.1 Å². The van der Waals surface area contributed by atoms with Crippen molar-refractivity contribution in [1.82, 2.24) is 26.2 Å². The number of rotatable bonds is 13. The van der Waals surface area contributed by atoms with Gasteiger partial charge in [-0.2, -0.15) is 0 Å². The third kappa shape index (κ3) is 8.56. The first-order valence-corrected chi connectivity index (χ1v) is 17.9. The number of hydrogen-bond acceptors (Lipinski definition) is 7. The molecule has 11 heteroatoms. The van der Waals surface area contributed by atoms with Crippen LogP contribution in [0.4, 0.5) is 4.79 Å². The lowest BCUT2D eigenvalue weighted by Gasteiger charge is -2.39. The molecule has 0 aromatic rings. The molecule has 0 aromatic heterocycles. The molecule has 1 spiro atoms. The molecular formula is C36H62N6O5. The van der Waals surface area contributed by atoms with Crippen molar-refractivity contribution < 1.29 is 24.0 Å². The molecule has 11 nitrogen and oxygen atoms in total. The Balaban J connectivity index is 1.51. The first-order valence-electron chi connectivity index (χ1n) is 17.9. The lowest BCUT2D eigenvalue weighted by molar-refractivity contribution is -0.137. The highest BCUT2D eigenvalue weighted by Gasteiger charge is 2.57. The fourth-order valence-electron chi connectivity index (χ4n) is 7.84. The molecule has 1 heterocycles. The highest BCUT2D eigenvalue weighted by molar-refractivity contribution is 6.27. The van der Waals surface area contributed by atoms with E-state index in [0.29, 0.717) is 44.6 Å². The van der Waals surface area contributed by atoms with Crippen molar-refractivity contribution in [2.24, 2.45) is 33.3 Å². The molecular weight excluding hydrogens is 596 g/mol. The number of nitrogens with one attached hydrogen (secondary N) is 4. The first-order chi connectivity index (χ1) is 21.7. The van der Waals surface area contributed by atoms with Crippen molar-refractivity contribution in [2.75, 3.05) is 19.6 Å². The first kappa shape index (κ1) is 37.3. The zero-order chi connectivity index (χ0) is 35.0. The fourth-order valence-corrected chi connectivity index (χ4v) is 7.84. The summed E-state index contributed by atoms with van der Waals surface area (Å²) in [6.07, 6.45) is 9.70. The standard InChI is InChI=1S/C36H62N6O5/c1-32(2,3)27(20-39-30(46)36(37)15-16-36)40-31(47)41-28(33(4,5)6)29(45)42-22-35(14-10-13-34(35,7)8)18-24(42)19-38-25(26(44)21-43)17-23-11-9-12-23/h21,23-25,27-28,38H,9-20,22,37H2,1-8H3,(H,39,46)(H2,40,41,47)/t24-,25?,27+,28+,35-/m0/s1. The van der Waals surface area contributed by atoms with Crippen LogP contribution in [0.5, 0.6) is 0 Å².